The van der Waals surface area contributed by atoms with Crippen LogP contribution in [0.1, 0.15) is 0 Å². The fourth-order valence-electron chi connectivity index (χ4n) is 0.591. The second kappa shape index (κ2) is 9.85. The van der Waals surface area contributed by atoms with Crippen molar-refractivity contribution in [2.24, 2.45) is 0 Å². The predicted octanol–water partition coefficient (Wildman–Crippen LogP) is -1.70. The topological polar surface area (TPSA) is 88.4 Å². The average molecular weight is 196 g/mol. The van der Waals surface area contributed by atoms with Crippen molar-refractivity contribution in [3.63, 3.8) is 0 Å². The molecule has 0 aromatic rings. The van der Waals surface area contributed by atoms with Gasteiger partial charge in [-0.15, -0.1) is 0 Å². The lowest BCUT2D eigenvalue weighted by molar-refractivity contribution is -0.293. The molecule has 0 aliphatic heterocycles. The van der Waals surface area contributed by atoms with Crippen molar-refractivity contribution in [1.29, 1.82) is 0 Å². The van der Waals surface area contributed by atoms with Crippen LogP contribution in [-0.4, -0.2) is 61.4 Å². The van der Waals surface area contributed by atoms with Crippen molar-refractivity contribution in [3.8, 4) is 0 Å². The largest absolute Gasteiger partial charge is 0.394 e. The van der Waals surface area contributed by atoms with E-state index < -0.39 is 6.48 Å². The van der Waals surface area contributed by atoms with Crippen LogP contribution < -0.4 is 0 Å². The number of aliphatic hydroxyl groups is 3. The molecule has 0 spiro atoms. The van der Waals surface area contributed by atoms with Gasteiger partial charge in [0.1, 0.15) is 0 Å². The summed E-state index contributed by atoms with van der Waals surface area (Å²) in [5.41, 5.74) is 0. The van der Waals surface area contributed by atoms with Crippen molar-refractivity contribution in [1.82, 2.24) is 0 Å². The summed E-state index contributed by atoms with van der Waals surface area (Å²) >= 11 is 0. The van der Waals surface area contributed by atoms with Gasteiger partial charge in [-0.3, -0.25) is 0 Å². The maximum Gasteiger partial charge on any atom is 0.271 e. The zero-order chi connectivity index (χ0) is 9.94. The Morgan fingerprint density at radius 1 is 0.692 bits per heavy atom. The summed E-state index contributed by atoms with van der Waals surface area (Å²) in [6.45, 7) is -1.10. The Morgan fingerprint density at radius 2 is 1.00 bits per heavy atom. The Morgan fingerprint density at radius 3 is 1.23 bits per heavy atom. The van der Waals surface area contributed by atoms with Crippen LogP contribution in [0.2, 0.25) is 0 Å². The van der Waals surface area contributed by atoms with Crippen molar-refractivity contribution < 1.29 is 29.5 Å². The normalized spacial score (nSPS) is 11.1. The van der Waals surface area contributed by atoms with Crippen LogP contribution in [0, 0.1) is 0 Å². The van der Waals surface area contributed by atoms with Crippen molar-refractivity contribution in [2.45, 2.75) is 6.48 Å². The molecule has 0 bridgehead atoms. The van der Waals surface area contributed by atoms with Gasteiger partial charge in [0.05, 0.1) is 39.6 Å². The highest BCUT2D eigenvalue weighted by Crippen LogP contribution is 1.96. The van der Waals surface area contributed by atoms with E-state index in [1.807, 2.05) is 0 Å². The highest BCUT2D eigenvalue weighted by Gasteiger charge is 2.08. The van der Waals surface area contributed by atoms with Crippen molar-refractivity contribution in [2.75, 3.05) is 39.6 Å². The fourth-order valence-corrected chi connectivity index (χ4v) is 0.591. The van der Waals surface area contributed by atoms with E-state index in [9.17, 15) is 0 Å². The maximum atomic E-state index is 8.43. The van der Waals surface area contributed by atoms with Gasteiger partial charge in [-0.05, 0) is 0 Å². The molecule has 3 N–H and O–H groups in total. The lowest BCUT2D eigenvalue weighted by Crippen LogP contribution is -2.25. The molecule has 0 saturated carbocycles. The highest BCUT2D eigenvalue weighted by molar-refractivity contribution is 4.31. The molecule has 0 atom stereocenters. The summed E-state index contributed by atoms with van der Waals surface area (Å²) in [4.78, 5) is 0. The molecule has 0 unspecified atom stereocenters. The molecular weight excluding hydrogens is 180 g/mol. The first kappa shape index (κ1) is 12.8. The molecule has 0 aromatic carbocycles. The molecule has 0 amide bonds. The molecule has 0 aromatic heterocycles. The van der Waals surface area contributed by atoms with E-state index in [2.05, 4.69) is 0 Å². The second-order valence-electron chi connectivity index (χ2n) is 2.07. The van der Waals surface area contributed by atoms with Crippen LogP contribution in [0.25, 0.3) is 0 Å². The van der Waals surface area contributed by atoms with Gasteiger partial charge in [-0.1, -0.05) is 0 Å². The lowest BCUT2D eigenvalue weighted by Gasteiger charge is -2.17. The van der Waals surface area contributed by atoms with Crippen molar-refractivity contribution >= 4 is 0 Å². The zero-order valence-corrected chi connectivity index (χ0v) is 7.39. The highest BCUT2D eigenvalue weighted by atomic mass is 16.8. The van der Waals surface area contributed by atoms with Crippen LogP contribution in [0.5, 0.6) is 0 Å². The summed E-state index contributed by atoms with van der Waals surface area (Å²) in [5, 5.41) is 25.3. The lowest BCUT2D eigenvalue weighted by atomic mass is 10.7. The predicted molar refractivity (Wildman–Crippen MR) is 42.9 cm³/mol. The quantitative estimate of drug-likeness (QED) is 0.381. The monoisotopic (exact) mass is 196 g/mol. The van der Waals surface area contributed by atoms with E-state index in [0.29, 0.717) is 0 Å². The van der Waals surface area contributed by atoms with Crippen LogP contribution in [0.4, 0.5) is 0 Å². The Hall–Kier alpha value is -0.240. The zero-order valence-electron chi connectivity index (χ0n) is 7.39. The van der Waals surface area contributed by atoms with Gasteiger partial charge in [0.15, 0.2) is 0 Å². The Balaban J connectivity index is 3.47. The number of aliphatic hydroxyl groups excluding tert-OH is 3. The summed E-state index contributed by atoms with van der Waals surface area (Å²) < 4.78 is 14.6. The molecule has 6 heteroatoms. The van der Waals surface area contributed by atoms with E-state index >= 15 is 0 Å². The summed E-state index contributed by atoms with van der Waals surface area (Å²) in [5.74, 6) is 0. The smallest absolute Gasteiger partial charge is 0.271 e. The Labute approximate surface area is 76.7 Å². The molecule has 0 radical (unpaired) electrons. The first-order valence-corrected chi connectivity index (χ1v) is 4.02. The van der Waals surface area contributed by atoms with Crippen molar-refractivity contribution in [3.05, 3.63) is 0 Å². The molecule has 0 aliphatic rings. The Bertz CT molecular complexity index is 80.0. The second-order valence-corrected chi connectivity index (χ2v) is 2.07. The molecule has 80 valence electrons. The molecule has 0 fully saturated rings. The van der Waals surface area contributed by atoms with Crippen LogP contribution in [0.3, 0.4) is 0 Å². The third-order valence-corrected chi connectivity index (χ3v) is 1.04. The SMILES string of the molecule is OCCOC(OCCO)OCCO. The summed E-state index contributed by atoms with van der Waals surface area (Å²) in [7, 11) is 0. The molecule has 0 aliphatic carbocycles. The van der Waals surface area contributed by atoms with Gasteiger partial charge in [0.2, 0.25) is 0 Å². The van der Waals surface area contributed by atoms with Crippen LogP contribution in [0.15, 0.2) is 0 Å². The van der Waals surface area contributed by atoms with E-state index in [1.54, 1.807) is 0 Å². The molecular formula is C7H16O6. The third-order valence-electron chi connectivity index (χ3n) is 1.04. The number of hydrogen-bond donors (Lipinski definition) is 3. The first-order valence-electron chi connectivity index (χ1n) is 4.02. The fraction of sp³-hybridized carbons (Fsp3) is 1.00. The minimum atomic E-state index is -0.938. The number of rotatable bonds is 9. The molecule has 0 heterocycles. The minimum absolute atomic E-state index is 0.0848. The Kier molecular flexibility index (Phi) is 9.66. The standard InChI is InChI=1S/C7H16O6/c8-1-4-11-7(12-5-2-9)13-6-3-10/h7-10H,1-6H2. The average Bonchev–Trinajstić information content (AvgIpc) is 2.17. The molecule has 0 saturated heterocycles. The molecule has 13 heavy (non-hydrogen) atoms. The maximum absolute atomic E-state index is 8.43. The van der Waals surface area contributed by atoms with Gasteiger partial charge >= 0.3 is 0 Å². The van der Waals surface area contributed by atoms with Gasteiger partial charge in [-0.2, -0.15) is 0 Å². The number of ether oxygens (including phenoxy) is 3. The molecule has 6 nitrogen and oxygen atoms in total. The van der Waals surface area contributed by atoms with Crippen LogP contribution >= 0.6 is 0 Å². The van der Waals surface area contributed by atoms with E-state index in [1.165, 1.54) is 0 Å². The van der Waals surface area contributed by atoms with Gasteiger partial charge in [-0.25, -0.2) is 0 Å². The van der Waals surface area contributed by atoms with E-state index in [0.717, 1.165) is 0 Å². The van der Waals surface area contributed by atoms with E-state index in [-0.39, 0.29) is 39.6 Å². The summed E-state index contributed by atoms with van der Waals surface area (Å²) in [6, 6.07) is 0. The first-order chi connectivity index (χ1) is 6.35. The van der Waals surface area contributed by atoms with Crippen LogP contribution in [-0.2, 0) is 14.2 Å². The van der Waals surface area contributed by atoms with Gasteiger partial charge in [0.25, 0.3) is 6.48 Å². The summed E-state index contributed by atoms with van der Waals surface area (Å²) in [6.07, 6.45) is 0. The van der Waals surface area contributed by atoms with E-state index in [4.69, 9.17) is 29.5 Å². The number of hydrogen-bond acceptors (Lipinski definition) is 6. The third kappa shape index (κ3) is 8.10. The minimum Gasteiger partial charge on any atom is -0.394 e. The molecule has 0 rings (SSSR count). The van der Waals surface area contributed by atoms with Gasteiger partial charge < -0.3 is 29.5 Å². The van der Waals surface area contributed by atoms with Gasteiger partial charge in [0, 0.05) is 0 Å².